The van der Waals surface area contributed by atoms with Gasteiger partial charge in [-0.15, -0.1) is 0 Å². The van der Waals surface area contributed by atoms with E-state index in [1.807, 2.05) is 18.7 Å². The molecule has 1 N–H and O–H groups in total. The van der Waals surface area contributed by atoms with E-state index < -0.39 is 0 Å². The highest BCUT2D eigenvalue weighted by Gasteiger charge is 2.18. The number of nitrogens with one attached hydrogen (secondary N) is 1. The van der Waals surface area contributed by atoms with Crippen LogP contribution in [-0.4, -0.2) is 23.5 Å². The van der Waals surface area contributed by atoms with Gasteiger partial charge in [-0.3, -0.25) is 4.79 Å². The second-order valence-corrected chi connectivity index (χ2v) is 5.19. The highest BCUT2D eigenvalue weighted by atomic mass is 32.2. The summed E-state index contributed by atoms with van der Waals surface area (Å²) >= 11 is 1.94. The largest absolute Gasteiger partial charge is 0.459 e. The van der Waals surface area contributed by atoms with E-state index in [4.69, 9.17) is 4.42 Å². The lowest BCUT2D eigenvalue weighted by atomic mass is 10.2. The number of rotatable bonds is 3. The van der Waals surface area contributed by atoms with Crippen molar-refractivity contribution in [3.8, 4) is 0 Å². The molecule has 0 bridgehead atoms. The van der Waals surface area contributed by atoms with Gasteiger partial charge in [0.25, 0.3) is 5.91 Å². The minimum atomic E-state index is -0.0926. The number of furan rings is 1. The summed E-state index contributed by atoms with van der Waals surface area (Å²) in [6.45, 7) is 2.63. The van der Waals surface area contributed by atoms with Crippen LogP contribution in [0.3, 0.4) is 0 Å². The van der Waals surface area contributed by atoms with Crippen molar-refractivity contribution in [2.24, 2.45) is 0 Å². The number of thioether (sulfide) groups is 1. The first-order chi connectivity index (χ1) is 7.27. The van der Waals surface area contributed by atoms with Crippen LogP contribution in [0.2, 0.25) is 0 Å². The van der Waals surface area contributed by atoms with Crippen LogP contribution in [0.15, 0.2) is 16.7 Å². The molecule has 82 valence electrons. The Morgan fingerprint density at radius 1 is 1.73 bits per heavy atom. The van der Waals surface area contributed by atoms with Crippen LogP contribution in [0.4, 0.5) is 0 Å². The van der Waals surface area contributed by atoms with Crippen LogP contribution in [0.25, 0.3) is 0 Å². The number of amides is 1. The fourth-order valence-corrected chi connectivity index (χ4v) is 2.90. The lowest BCUT2D eigenvalue weighted by molar-refractivity contribution is 0.0925. The highest BCUT2D eigenvalue weighted by molar-refractivity contribution is 8.00. The SMILES string of the molecule is Cc1ccoc1C(=O)NCC1CCCS1. The fraction of sp³-hybridized carbons (Fsp3) is 0.545. The standard InChI is InChI=1S/C11H15NO2S/c1-8-4-5-14-10(8)11(13)12-7-9-3-2-6-15-9/h4-5,9H,2-3,6-7H2,1H3,(H,12,13). The van der Waals surface area contributed by atoms with E-state index in [0.717, 1.165) is 12.1 Å². The van der Waals surface area contributed by atoms with Gasteiger partial charge < -0.3 is 9.73 Å². The average Bonchev–Trinajstić information content (AvgIpc) is 2.84. The third kappa shape index (κ3) is 2.56. The van der Waals surface area contributed by atoms with Gasteiger partial charge >= 0.3 is 0 Å². The number of hydrogen-bond acceptors (Lipinski definition) is 3. The van der Waals surface area contributed by atoms with Crippen molar-refractivity contribution in [1.29, 1.82) is 0 Å². The molecule has 0 saturated carbocycles. The third-order valence-corrected chi connectivity index (χ3v) is 3.98. The van der Waals surface area contributed by atoms with Crippen molar-refractivity contribution in [3.63, 3.8) is 0 Å². The molecule has 1 amide bonds. The molecule has 0 aromatic carbocycles. The maximum absolute atomic E-state index is 11.7. The lowest BCUT2D eigenvalue weighted by Gasteiger charge is -2.09. The summed E-state index contributed by atoms with van der Waals surface area (Å²) in [5, 5.41) is 3.50. The predicted molar refractivity (Wildman–Crippen MR) is 61.3 cm³/mol. The van der Waals surface area contributed by atoms with Crippen LogP contribution in [0.1, 0.15) is 29.0 Å². The summed E-state index contributed by atoms with van der Waals surface area (Å²) in [4.78, 5) is 11.7. The maximum Gasteiger partial charge on any atom is 0.287 e. The Morgan fingerprint density at radius 3 is 3.20 bits per heavy atom. The van der Waals surface area contributed by atoms with Gasteiger partial charge in [0.15, 0.2) is 5.76 Å². The predicted octanol–water partition coefficient (Wildman–Crippen LogP) is 2.21. The number of hydrogen-bond donors (Lipinski definition) is 1. The Kier molecular flexibility index (Phi) is 3.36. The van der Waals surface area contributed by atoms with Crippen molar-refractivity contribution >= 4 is 17.7 Å². The number of carbonyl (C=O) groups excluding carboxylic acids is 1. The smallest absolute Gasteiger partial charge is 0.287 e. The first kappa shape index (κ1) is 10.6. The Bertz CT molecular complexity index is 342. The minimum absolute atomic E-state index is 0.0926. The summed E-state index contributed by atoms with van der Waals surface area (Å²) in [5.74, 6) is 1.57. The Labute approximate surface area is 93.6 Å². The summed E-state index contributed by atoms with van der Waals surface area (Å²) in [5.41, 5.74) is 0.895. The summed E-state index contributed by atoms with van der Waals surface area (Å²) < 4.78 is 5.12. The van der Waals surface area contributed by atoms with Gasteiger partial charge in [-0.2, -0.15) is 11.8 Å². The molecule has 1 aromatic rings. The normalized spacial score (nSPS) is 20.5. The highest BCUT2D eigenvalue weighted by Crippen LogP contribution is 2.25. The molecule has 0 spiro atoms. The monoisotopic (exact) mass is 225 g/mol. The van der Waals surface area contributed by atoms with E-state index in [1.165, 1.54) is 18.6 Å². The van der Waals surface area contributed by atoms with E-state index in [2.05, 4.69) is 5.32 Å². The first-order valence-electron chi connectivity index (χ1n) is 5.21. The fourth-order valence-electron chi connectivity index (χ4n) is 1.70. The molecule has 2 rings (SSSR count). The summed E-state index contributed by atoms with van der Waals surface area (Å²) in [6, 6.07) is 1.80. The quantitative estimate of drug-likeness (QED) is 0.857. The third-order valence-electron chi connectivity index (χ3n) is 2.58. The van der Waals surface area contributed by atoms with Gasteiger partial charge in [-0.1, -0.05) is 0 Å². The van der Waals surface area contributed by atoms with E-state index in [1.54, 1.807) is 12.3 Å². The minimum Gasteiger partial charge on any atom is -0.459 e. The molecule has 2 heterocycles. The van der Waals surface area contributed by atoms with Crippen LogP contribution in [-0.2, 0) is 0 Å². The average molecular weight is 225 g/mol. The van der Waals surface area contributed by atoms with Crippen LogP contribution < -0.4 is 5.32 Å². The van der Waals surface area contributed by atoms with E-state index >= 15 is 0 Å². The van der Waals surface area contributed by atoms with Crippen molar-refractivity contribution in [3.05, 3.63) is 23.7 Å². The molecule has 1 saturated heterocycles. The van der Waals surface area contributed by atoms with Gasteiger partial charge in [0.05, 0.1) is 6.26 Å². The van der Waals surface area contributed by atoms with Gasteiger partial charge in [0, 0.05) is 17.4 Å². The molecule has 1 aliphatic rings. The van der Waals surface area contributed by atoms with Gasteiger partial charge in [-0.05, 0) is 31.6 Å². The number of aryl methyl sites for hydroxylation is 1. The van der Waals surface area contributed by atoms with Crippen LogP contribution in [0.5, 0.6) is 0 Å². The maximum atomic E-state index is 11.7. The molecule has 1 aliphatic heterocycles. The Balaban J connectivity index is 1.84. The summed E-state index contributed by atoms with van der Waals surface area (Å²) in [6.07, 6.45) is 4.03. The zero-order chi connectivity index (χ0) is 10.7. The molecular formula is C11H15NO2S. The van der Waals surface area contributed by atoms with Crippen molar-refractivity contribution < 1.29 is 9.21 Å². The van der Waals surface area contributed by atoms with E-state index in [9.17, 15) is 4.79 Å². The zero-order valence-electron chi connectivity index (χ0n) is 8.79. The van der Waals surface area contributed by atoms with Gasteiger partial charge in [0.1, 0.15) is 0 Å². The molecule has 3 nitrogen and oxygen atoms in total. The molecule has 4 heteroatoms. The molecule has 1 unspecified atom stereocenters. The molecule has 1 aromatic heterocycles. The molecular weight excluding hydrogens is 210 g/mol. The topological polar surface area (TPSA) is 42.2 Å². The Hall–Kier alpha value is -0.900. The molecule has 1 atom stereocenters. The Morgan fingerprint density at radius 2 is 2.60 bits per heavy atom. The molecule has 1 fully saturated rings. The van der Waals surface area contributed by atoms with Crippen molar-refractivity contribution in [1.82, 2.24) is 5.32 Å². The first-order valence-corrected chi connectivity index (χ1v) is 6.26. The van der Waals surface area contributed by atoms with Crippen LogP contribution in [0, 0.1) is 6.92 Å². The lowest BCUT2D eigenvalue weighted by Crippen LogP contribution is -2.29. The van der Waals surface area contributed by atoms with Gasteiger partial charge in [0.2, 0.25) is 0 Å². The summed E-state index contributed by atoms with van der Waals surface area (Å²) in [7, 11) is 0. The van der Waals surface area contributed by atoms with E-state index in [0.29, 0.717) is 11.0 Å². The van der Waals surface area contributed by atoms with E-state index in [-0.39, 0.29) is 5.91 Å². The van der Waals surface area contributed by atoms with Crippen molar-refractivity contribution in [2.45, 2.75) is 25.0 Å². The zero-order valence-corrected chi connectivity index (χ0v) is 9.60. The molecule has 0 aliphatic carbocycles. The van der Waals surface area contributed by atoms with Gasteiger partial charge in [-0.25, -0.2) is 0 Å². The van der Waals surface area contributed by atoms with Crippen molar-refractivity contribution in [2.75, 3.05) is 12.3 Å². The molecule has 0 radical (unpaired) electrons. The molecule has 15 heavy (non-hydrogen) atoms. The second kappa shape index (κ2) is 4.75. The second-order valence-electron chi connectivity index (χ2n) is 3.78. The number of carbonyl (C=O) groups is 1. The van der Waals surface area contributed by atoms with Crippen LogP contribution >= 0.6 is 11.8 Å².